The zero-order chi connectivity index (χ0) is 21.4. The van der Waals surface area contributed by atoms with Gasteiger partial charge in [0.1, 0.15) is 17.2 Å². The molecular formula is C18H19F3N4O3S. The Bertz CT molecular complexity index is 1160. The summed E-state index contributed by atoms with van der Waals surface area (Å²) in [5.74, 6) is 0.511. The molecule has 0 saturated heterocycles. The molecule has 0 aliphatic carbocycles. The number of aromatic nitrogens is 2. The van der Waals surface area contributed by atoms with E-state index in [1.165, 1.54) is 31.4 Å². The van der Waals surface area contributed by atoms with E-state index in [4.69, 9.17) is 4.74 Å². The lowest BCUT2D eigenvalue weighted by Crippen LogP contribution is -2.07. The van der Waals surface area contributed by atoms with Crippen molar-refractivity contribution in [3.8, 4) is 5.75 Å². The van der Waals surface area contributed by atoms with Crippen LogP contribution in [0.2, 0.25) is 0 Å². The largest absolute Gasteiger partial charge is 0.495 e. The number of ether oxygens (including phenoxy) is 1. The van der Waals surface area contributed by atoms with Gasteiger partial charge in [-0.25, -0.2) is 13.4 Å². The third kappa shape index (κ3) is 4.24. The molecule has 156 valence electrons. The monoisotopic (exact) mass is 428 g/mol. The van der Waals surface area contributed by atoms with Crippen LogP contribution in [0.15, 0.2) is 35.4 Å². The first-order valence-electron chi connectivity index (χ1n) is 8.53. The van der Waals surface area contributed by atoms with Crippen molar-refractivity contribution in [3.05, 3.63) is 36.0 Å². The lowest BCUT2D eigenvalue weighted by Gasteiger charge is -2.14. The number of nitrogens with zero attached hydrogens (tertiary/aromatic N) is 1. The molecule has 0 aliphatic rings. The number of hydrogen-bond acceptors (Lipinski definition) is 6. The first-order valence-corrected chi connectivity index (χ1v) is 10.4. The summed E-state index contributed by atoms with van der Waals surface area (Å²) < 4.78 is 68.6. The fourth-order valence-corrected chi connectivity index (χ4v) is 3.53. The molecule has 2 heterocycles. The van der Waals surface area contributed by atoms with Gasteiger partial charge in [-0.1, -0.05) is 0 Å². The summed E-state index contributed by atoms with van der Waals surface area (Å²) in [6.45, 7) is 2.18. The Hall–Kier alpha value is -2.95. The summed E-state index contributed by atoms with van der Waals surface area (Å²) in [5, 5.41) is 5.84. The molecule has 0 amide bonds. The molecule has 0 bridgehead atoms. The van der Waals surface area contributed by atoms with Crippen LogP contribution in [0, 0.1) is 0 Å². The number of fused-ring (bicyclic) bond motifs is 1. The molecule has 0 aliphatic heterocycles. The lowest BCUT2D eigenvalue weighted by atomic mass is 10.1. The molecule has 3 aromatic rings. The van der Waals surface area contributed by atoms with Crippen LogP contribution >= 0.6 is 0 Å². The molecule has 1 aromatic carbocycles. The van der Waals surface area contributed by atoms with Crippen molar-refractivity contribution in [2.75, 3.05) is 30.5 Å². The number of H-pyrrole nitrogens is 1. The van der Waals surface area contributed by atoms with Crippen LogP contribution in [0.4, 0.5) is 30.4 Å². The third-order valence-corrected chi connectivity index (χ3v) is 5.29. The first kappa shape index (κ1) is 20.8. The van der Waals surface area contributed by atoms with E-state index in [0.29, 0.717) is 12.2 Å². The quantitative estimate of drug-likeness (QED) is 0.545. The number of methoxy groups -OCH3 is 1. The summed E-state index contributed by atoms with van der Waals surface area (Å²) in [6, 6.07) is 5.72. The van der Waals surface area contributed by atoms with Crippen LogP contribution in [0.25, 0.3) is 11.0 Å². The van der Waals surface area contributed by atoms with Gasteiger partial charge in [-0.05, 0) is 19.1 Å². The molecule has 3 N–H and O–H groups in total. The van der Waals surface area contributed by atoms with E-state index < -0.39 is 21.6 Å². The zero-order valence-electron chi connectivity index (χ0n) is 15.8. The Balaban J connectivity index is 2.07. The fraction of sp³-hybridized carbons (Fsp3) is 0.278. The van der Waals surface area contributed by atoms with Crippen molar-refractivity contribution in [1.82, 2.24) is 9.97 Å². The van der Waals surface area contributed by atoms with Crippen LogP contribution < -0.4 is 15.4 Å². The molecule has 3 rings (SSSR count). The second-order valence-corrected chi connectivity index (χ2v) is 8.28. The van der Waals surface area contributed by atoms with E-state index in [9.17, 15) is 21.6 Å². The van der Waals surface area contributed by atoms with Crippen LogP contribution in [-0.4, -0.2) is 38.3 Å². The van der Waals surface area contributed by atoms with Crippen molar-refractivity contribution >= 4 is 38.1 Å². The molecule has 0 saturated carbocycles. The van der Waals surface area contributed by atoms with Gasteiger partial charge < -0.3 is 20.4 Å². The van der Waals surface area contributed by atoms with Gasteiger partial charge in [0, 0.05) is 36.8 Å². The topological polar surface area (TPSA) is 96.1 Å². The van der Waals surface area contributed by atoms with Crippen LogP contribution in [0.5, 0.6) is 5.75 Å². The van der Waals surface area contributed by atoms with Gasteiger partial charge in [-0.2, -0.15) is 13.2 Å². The van der Waals surface area contributed by atoms with E-state index in [0.717, 1.165) is 12.5 Å². The Morgan fingerprint density at radius 3 is 2.52 bits per heavy atom. The molecule has 0 atom stereocenters. The Morgan fingerprint density at radius 1 is 1.21 bits per heavy atom. The molecule has 29 heavy (non-hydrogen) atoms. The molecule has 2 aromatic heterocycles. The van der Waals surface area contributed by atoms with E-state index in [1.807, 2.05) is 0 Å². The Labute approximate surface area is 165 Å². The van der Waals surface area contributed by atoms with Gasteiger partial charge in [0.05, 0.1) is 28.6 Å². The molecule has 0 unspecified atom stereocenters. The highest BCUT2D eigenvalue weighted by Crippen LogP contribution is 2.39. The molecule has 0 fully saturated rings. The standard InChI is InChI=1S/C18H19F3N4O3S/c1-4-22-13-8-15(25-17-16(13)11(9-23-17)18(19,20)21)24-12-6-5-10(29(3,26)27)7-14(12)28-2/h5-9H,4H2,1-3H3,(H3,22,23,24,25). The smallest absolute Gasteiger partial charge is 0.418 e. The summed E-state index contributed by atoms with van der Waals surface area (Å²) in [5.41, 5.74) is -0.0697. The normalized spacial score (nSPS) is 12.2. The van der Waals surface area contributed by atoms with Gasteiger partial charge in [-0.15, -0.1) is 0 Å². The highest BCUT2D eigenvalue weighted by molar-refractivity contribution is 7.90. The van der Waals surface area contributed by atoms with Gasteiger partial charge in [0.25, 0.3) is 0 Å². The van der Waals surface area contributed by atoms with Gasteiger partial charge >= 0.3 is 6.18 Å². The molecule has 0 spiro atoms. The van der Waals surface area contributed by atoms with E-state index in [-0.39, 0.29) is 33.2 Å². The van der Waals surface area contributed by atoms with E-state index in [2.05, 4.69) is 20.6 Å². The second-order valence-electron chi connectivity index (χ2n) is 6.27. The maximum atomic E-state index is 13.3. The maximum Gasteiger partial charge on any atom is 0.418 e. The number of pyridine rings is 1. The third-order valence-electron chi connectivity index (χ3n) is 4.18. The number of nitrogens with one attached hydrogen (secondary N) is 3. The average molecular weight is 428 g/mol. The number of aromatic amines is 1. The zero-order valence-corrected chi connectivity index (χ0v) is 16.6. The van der Waals surface area contributed by atoms with Crippen molar-refractivity contribution in [2.45, 2.75) is 18.0 Å². The summed E-state index contributed by atoms with van der Waals surface area (Å²) in [4.78, 5) is 6.85. The van der Waals surface area contributed by atoms with Crippen molar-refractivity contribution in [1.29, 1.82) is 0 Å². The van der Waals surface area contributed by atoms with Crippen LogP contribution in [-0.2, 0) is 16.0 Å². The summed E-state index contributed by atoms with van der Waals surface area (Å²) in [6.07, 6.45) is -2.57. The predicted octanol–water partition coefficient (Wildman–Crippen LogP) is 4.17. The highest BCUT2D eigenvalue weighted by atomic mass is 32.2. The number of halogens is 3. The van der Waals surface area contributed by atoms with Crippen molar-refractivity contribution in [3.63, 3.8) is 0 Å². The fourth-order valence-electron chi connectivity index (χ4n) is 2.90. The van der Waals surface area contributed by atoms with Crippen molar-refractivity contribution in [2.24, 2.45) is 0 Å². The van der Waals surface area contributed by atoms with E-state index >= 15 is 0 Å². The highest BCUT2D eigenvalue weighted by Gasteiger charge is 2.35. The first-order chi connectivity index (χ1) is 13.5. The molecular weight excluding hydrogens is 409 g/mol. The number of sulfone groups is 1. The molecule has 11 heteroatoms. The van der Waals surface area contributed by atoms with Crippen molar-refractivity contribution < 1.29 is 26.3 Å². The number of rotatable bonds is 6. The minimum Gasteiger partial charge on any atom is -0.495 e. The second kappa shape index (κ2) is 7.47. The van der Waals surface area contributed by atoms with Crippen LogP contribution in [0.3, 0.4) is 0 Å². The maximum absolute atomic E-state index is 13.3. The van der Waals surface area contributed by atoms with Gasteiger partial charge in [-0.3, -0.25) is 0 Å². The Morgan fingerprint density at radius 2 is 1.93 bits per heavy atom. The number of hydrogen-bond donors (Lipinski definition) is 3. The molecule has 7 nitrogen and oxygen atoms in total. The molecule has 0 radical (unpaired) electrons. The van der Waals surface area contributed by atoms with Gasteiger partial charge in [0.15, 0.2) is 9.84 Å². The average Bonchev–Trinajstić information content (AvgIpc) is 3.06. The summed E-state index contributed by atoms with van der Waals surface area (Å²) >= 11 is 0. The van der Waals surface area contributed by atoms with Gasteiger partial charge in [0.2, 0.25) is 0 Å². The summed E-state index contributed by atoms with van der Waals surface area (Å²) in [7, 11) is -2.04. The number of anilines is 3. The predicted molar refractivity (Wildman–Crippen MR) is 105 cm³/mol. The SMILES string of the molecule is CCNc1cc(Nc2ccc(S(C)(=O)=O)cc2OC)nc2[nH]cc(C(F)(F)F)c12. The van der Waals surface area contributed by atoms with E-state index in [1.54, 1.807) is 6.92 Å². The Kier molecular flexibility index (Phi) is 5.35. The minimum absolute atomic E-state index is 0.0516. The lowest BCUT2D eigenvalue weighted by molar-refractivity contribution is -0.136. The minimum atomic E-state index is -4.52. The number of alkyl halides is 3. The number of benzene rings is 1. The van der Waals surface area contributed by atoms with Crippen LogP contribution in [0.1, 0.15) is 12.5 Å².